The first-order valence-corrected chi connectivity index (χ1v) is 42.7. The van der Waals surface area contributed by atoms with Gasteiger partial charge in [0, 0.05) is 91.9 Å². The van der Waals surface area contributed by atoms with Gasteiger partial charge in [-0.2, -0.15) is 13.2 Å². The first kappa shape index (κ1) is 80.9. The van der Waals surface area contributed by atoms with E-state index in [0.717, 1.165) is 178 Å². The molecule has 0 bridgehead atoms. The Hall–Kier alpha value is -10.5. The maximum atomic E-state index is 13.4. The monoisotopic (exact) mass is 1690 g/mol. The van der Waals surface area contributed by atoms with Crippen LogP contribution in [0.3, 0.4) is 0 Å². The Morgan fingerprint density at radius 3 is 1.04 bits per heavy atom. The molecule has 14 heterocycles. The van der Waals surface area contributed by atoms with Crippen LogP contribution in [0.5, 0.6) is 0 Å². The quantitative estimate of drug-likeness (QED) is 0.0301. The third kappa shape index (κ3) is 17.0. The summed E-state index contributed by atoms with van der Waals surface area (Å²) in [5, 5.41) is 1.72. The Morgan fingerprint density at radius 2 is 0.689 bits per heavy atom. The molecule has 618 valence electrons. The van der Waals surface area contributed by atoms with Gasteiger partial charge in [0.05, 0.1) is 134 Å². The fourth-order valence-corrected chi connectivity index (χ4v) is 17.3. The van der Waals surface area contributed by atoms with Gasteiger partial charge in [-0.3, -0.25) is 50.9 Å². The maximum absolute atomic E-state index is 13.4. The van der Waals surface area contributed by atoms with Crippen LogP contribution in [0.25, 0.3) is 88.3 Å². The predicted octanol–water partition coefficient (Wildman–Crippen LogP) is 20.0. The van der Waals surface area contributed by atoms with Gasteiger partial charge in [0.1, 0.15) is 20.6 Å². The molecule has 30 heteroatoms. The minimum absolute atomic E-state index is 0.0120. The second-order valence-corrected chi connectivity index (χ2v) is 34.4. The summed E-state index contributed by atoms with van der Waals surface area (Å²) in [5.41, 5.74) is 19.3. The largest absolute Gasteiger partial charge is 0.389 e. The molecule has 4 aliphatic rings. The minimum atomic E-state index is -4.22. The summed E-state index contributed by atoms with van der Waals surface area (Å²) in [6, 6.07) is 42.1. The van der Waals surface area contributed by atoms with Crippen LogP contribution < -0.4 is 22.8 Å². The van der Waals surface area contributed by atoms with Gasteiger partial charge in [0.15, 0.2) is 0 Å². The maximum Gasteiger partial charge on any atom is 0.389 e. The van der Waals surface area contributed by atoms with Crippen molar-refractivity contribution in [2.24, 2.45) is 11.8 Å². The van der Waals surface area contributed by atoms with Gasteiger partial charge in [0.2, 0.25) is 0 Å². The molecule has 4 aliphatic carbocycles. The molecule has 0 spiro atoms. The van der Waals surface area contributed by atoms with Crippen LogP contribution >= 0.6 is 46.4 Å². The van der Waals surface area contributed by atoms with Crippen molar-refractivity contribution in [2.75, 3.05) is 6.67 Å². The molecule has 0 atom stereocenters. The van der Waals surface area contributed by atoms with Gasteiger partial charge in [-0.15, -0.1) is 0 Å². The van der Waals surface area contributed by atoms with E-state index in [-0.39, 0.29) is 61.0 Å². The second-order valence-electron chi connectivity index (χ2n) is 32.9. The zero-order chi connectivity index (χ0) is 82.8. The van der Waals surface area contributed by atoms with Crippen LogP contribution in [0.2, 0.25) is 20.6 Å². The van der Waals surface area contributed by atoms with Gasteiger partial charge in [-0.05, 0) is 217 Å². The molecule has 2 aromatic carbocycles. The van der Waals surface area contributed by atoms with Crippen LogP contribution in [0, 0.1) is 18.8 Å². The van der Waals surface area contributed by atoms with Crippen LogP contribution in [0.15, 0.2) is 171 Å². The Balaban J connectivity index is 0.000000113. The third-order valence-corrected chi connectivity index (χ3v) is 24.0. The fraction of sp³-hybridized carbons (Fsp3) is 0.393. The lowest BCUT2D eigenvalue weighted by Gasteiger charge is -2.13. The lowest BCUT2D eigenvalue weighted by molar-refractivity contribution is -0.135. The van der Waals surface area contributed by atoms with Crippen molar-refractivity contribution in [2.45, 2.75) is 207 Å². The molecule has 14 aromatic heterocycles. The number of benzene rings is 2. The van der Waals surface area contributed by atoms with Crippen molar-refractivity contribution in [3.05, 3.63) is 243 Å². The Labute approximate surface area is 701 Å². The fourth-order valence-electron chi connectivity index (χ4n) is 16.7. The van der Waals surface area contributed by atoms with E-state index in [9.17, 15) is 36.7 Å². The minimum Gasteiger partial charge on any atom is -0.342 e. The summed E-state index contributed by atoms with van der Waals surface area (Å²) in [6.45, 7) is 15.0. The van der Waals surface area contributed by atoms with Crippen molar-refractivity contribution in [1.82, 2.24) is 84.7 Å². The van der Waals surface area contributed by atoms with E-state index >= 15 is 0 Å². The molecule has 16 aromatic rings. The zero-order valence-corrected chi connectivity index (χ0v) is 69.9. The lowest BCUT2D eigenvalue weighted by atomic mass is 10.1. The van der Waals surface area contributed by atoms with E-state index in [2.05, 4.69) is 115 Å². The average Bonchev–Trinajstić information content (AvgIpc) is 1.60. The van der Waals surface area contributed by atoms with E-state index in [1.807, 2.05) is 89.6 Å². The van der Waals surface area contributed by atoms with Gasteiger partial charge in [-0.1, -0.05) is 92.3 Å². The van der Waals surface area contributed by atoms with Crippen molar-refractivity contribution in [1.29, 1.82) is 0 Å². The molecule has 0 unspecified atom stereocenters. The molecule has 22 nitrogen and oxygen atoms in total. The number of alkyl halides is 4. The zero-order valence-electron chi connectivity index (χ0n) is 66.9. The van der Waals surface area contributed by atoms with Crippen LogP contribution in [0.1, 0.15) is 170 Å². The number of para-hydroxylation sites is 2. The third-order valence-electron chi connectivity index (χ3n) is 23.2. The molecule has 20 rings (SSSR count). The van der Waals surface area contributed by atoms with Gasteiger partial charge >= 0.3 is 28.9 Å². The van der Waals surface area contributed by atoms with Gasteiger partial charge in [0.25, 0.3) is 0 Å². The number of rotatable bonds is 25. The highest BCUT2D eigenvalue weighted by atomic mass is 35.5. The molecule has 0 amide bonds. The first-order valence-electron chi connectivity index (χ1n) is 41.2. The first-order chi connectivity index (χ1) is 57.4. The number of fused-ring (bicyclic) bond motifs is 8. The summed E-state index contributed by atoms with van der Waals surface area (Å²) < 4.78 is 74.2. The van der Waals surface area contributed by atoms with Crippen LogP contribution in [-0.4, -0.2) is 97.6 Å². The van der Waals surface area contributed by atoms with E-state index in [1.54, 1.807) is 67.3 Å². The molecule has 0 N–H and O–H groups in total. The van der Waals surface area contributed by atoms with Crippen molar-refractivity contribution >= 4 is 135 Å². The molecule has 4 saturated carbocycles. The van der Waals surface area contributed by atoms with Crippen molar-refractivity contribution in [3.8, 4) is 0 Å². The number of aromatic nitrogens is 18. The Morgan fingerprint density at radius 1 is 0.370 bits per heavy atom. The molecule has 0 radical (unpaired) electrons. The molecule has 0 aliphatic heterocycles. The van der Waals surface area contributed by atoms with Crippen LogP contribution in [-0.2, 0) is 52.4 Å². The summed E-state index contributed by atoms with van der Waals surface area (Å²) in [5.74, 6) is 1.19. The van der Waals surface area contributed by atoms with Gasteiger partial charge in [-0.25, -0.2) is 39.1 Å². The SMILES string of the molecule is CC(C)CCn1c(Cn2c(=O)n(C3CC3)c3ccccc32)cc2nc(Cl)ccc21.Cc1ccc2c(c1)n(Cc1cc3nc(Cl)ccc3n1CCC(C)C)c(=O)n2C1CC1.O=c1n(Cc2cc3nc(Cl)ccc3n2CCCC(F)(F)F)c2cnccc2n1C1CC1.O=c1n(Cc2cc3nc(Cl)ccc3n2CCCCF)c2cnccc2n1C1CC1. The lowest BCUT2D eigenvalue weighted by Crippen LogP contribution is -2.25. The molecular weight excluding hydrogens is 1600 g/mol. The molecule has 0 saturated heterocycles. The van der Waals surface area contributed by atoms with Gasteiger partial charge < -0.3 is 18.3 Å². The van der Waals surface area contributed by atoms with Crippen molar-refractivity contribution < 1.29 is 17.6 Å². The van der Waals surface area contributed by atoms with E-state index in [4.69, 9.17) is 46.4 Å². The number of imidazole rings is 4. The Bertz CT molecular complexity index is 6760. The van der Waals surface area contributed by atoms with Crippen LogP contribution in [0.4, 0.5) is 17.6 Å². The number of hydrogen-bond acceptors (Lipinski definition) is 10. The van der Waals surface area contributed by atoms with E-state index in [0.29, 0.717) is 99.4 Å². The van der Waals surface area contributed by atoms with E-state index < -0.39 is 12.6 Å². The highest BCUT2D eigenvalue weighted by Gasteiger charge is 2.34. The number of aryl methyl sites for hydroxylation is 5. The molecule has 119 heavy (non-hydrogen) atoms. The number of unbranched alkanes of at least 4 members (excludes halogenated alkanes) is 1. The number of halogens is 8. The summed E-state index contributed by atoms with van der Waals surface area (Å²) in [7, 11) is 0. The molecule has 4 fully saturated rings. The number of hydrogen-bond donors (Lipinski definition) is 0. The average molecular weight is 1700 g/mol. The highest BCUT2D eigenvalue weighted by Crippen LogP contribution is 2.41. The standard InChI is InChI=1S/C24H27ClN4O.C23H25ClN4O.C21H19ClF3N5O.C21H21ClFN5O/c1-15(2)10-11-27-18(13-19-20(27)8-9-23(25)26-19)14-28-22-12-16(3)4-7-21(22)29(24(28)30)17-5-6-17;1-15(2)11-12-26-17(13-18-19(26)9-10-22(24)25-18)14-27-20-5-3-4-6-21(20)28(23(27)29)16-7-8-16;22-19-5-4-16-15(27-19)10-14(28(16)9-1-7-21(23,24)25)12-29-18-11-26-8-6-17(18)30(20(29)31)13-2-3-13;22-20-6-5-17-16(25-20)11-15(26(17)10-2-1-8-23)13-27-19-12-24-9-7-18(19)28(21(27)29)14-3-4-14/h4,7-9,12-13,15,17H,5-6,10-11,14H2,1-3H3;3-6,9-10,13,15-16H,7-8,11-12,14H2,1-2H3;4-6,8,10-11,13H,1-3,7,9,12H2;5-7,9,11-12,14H,1-4,8,10,13H2. The Kier molecular flexibility index (Phi) is 22.8. The topological polar surface area (TPSA) is 205 Å². The highest BCUT2D eigenvalue weighted by molar-refractivity contribution is 6.30. The summed E-state index contributed by atoms with van der Waals surface area (Å²) in [6.07, 6.45) is 13.3. The van der Waals surface area contributed by atoms with E-state index in [1.165, 1.54) is 0 Å². The van der Waals surface area contributed by atoms with Crippen molar-refractivity contribution in [3.63, 3.8) is 0 Å². The molecular formula is C89H92Cl4F4N18O4. The normalized spacial score (nSPS) is 14.5. The number of pyridine rings is 6. The summed E-state index contributed by atoms with van der Waals surface area (Å²) >= 11 is 24.4. The predicted molar refractivity (Wildman–Crippen MR) is 463 cm³/mol. The number of nitrogens with zero attached hydrogens (tertiary/aromatic N) is 18. The smallest absolute Gasteiger partial charge is 0.342 e. The second kappa shape index (κ2) is 33.6. The summed E-state index contributed by atoms with van der Waals surface area (Å²) in [4.78, 5) is 79.3.